The van der Waals surface area contributed by atoms with Crippen LogP contribution >= 0.6 is 0 Å². The number of nitrogens with one attached hydrogen (secondary N) is 1. The van der Waals surface area contributed by atoms with Gasteiger partial charge in [-0.25, -0.2) is 0 Å². The Morgan fingerprint density at radius 2 is 1.80 bits per heavy atom. The largest absolute Gasteiger partial charge is 0.416 e. The third-order valence-electron chi connectivity index (χ3n) is 2.23. The molecule has 1 unspecified atom stereocenters. The first-order chi connectivity index (χ1) is 6.95. The van der Waals surface area contributed by atoms with Crippen molar-refractivity contribution in [2.45, 2.75) is 19.0 Å². The van der Waals surface area contributed by atoms with Gasteiger partial charge in [0.15, 0.2) is 0 Å². The molecule has 0 aliphatic heterocycles. The molecule has 84 valence electrons. The highest BCUT2D eigenvalue weighted by atomic mass is 19.4. The summed E-state index contributed by atoms with van der Waals surface area (Å²) in [7, 11) is 0. The van der Waals surface area contributed by atoms with E-state index in [1.807, 2.05) is 6.92 Å². The van der Waals surface area contributed by atoms with Gasteiger partial charge < -0.3 is 0 Å². The molecule has 1 aromatic rings. The number of nitrogens with two attached hydrogens (primary N) is 1. The van der Waals surface area contributed by atoms with Crippen molar-refractivity contribution in [1.29, 1.82) is 0 Å². The lowest BCUT2D eigenvalue weighted by Crippen LogP contribution is -2.26. The standard InChI is InChI=1S/C10H13F3N2/c1-7(6-15-14)8-2-4-9(5-3-8)10(11,12)13/h2-5,7,15H,6,14H2,1H3. The summed E-state index contributed by atoms with van der Waals surface area (Å²) in [4.78, 5) is 0. The van der Waals surface area contributed by atoms with E-state index in [2.05, 4.69) is 5.43 Å². The second-order valence-corrected chi connectivity index (χ2v) is 3.43. The van der Waals surface area contributed by atoms with Crippen LogP contribution in [-0.4, -0.2) is 6.54 Å². The number of hydrazine groups is 1. The van der Waals surface area contributed by atoms with Crippen LogP contribution in [0.5, 0.6) is 0 Å². The third-order valence-corrected chi connectivity index (χ3v) is 2.23. The van der Waals surface area contributed by atoms with Gasteiger partial charge in [0.1, 0.15) is 0 Å². The zero-order valence-corrected chi connectivity index (χ0v) is 8.31. The monoisotopic (exact) mass is 218 g/mol. The maximum absolute atomic E-state index is 12.2. The quantitative estimate of drug-likeness (QED) is 0.603. The summed E-state index contributed by atoms with van der Waals surface area (Å²) < 4.78 is 36.7. The van der Waals surface area contributed by atoms with Gasteiger partial charge in [0.2, 0.25) is 0 Å². The maximum atomic E-state index is 12.2. The van der Waals surface area contributed by atoms with Crippen molar-refractivity contribution in [1.82, 2.24) is 5.43 Å². The van der Waals surface area contributed by atoms with Crippen LogP contribution in [0, 0.1) is 0 Å². The Labute approximate surface area is 86.2 Å². The average Bonchev–Trinajstić information content (AvgIpc) is 2.17. The fraction of sp³-hybridized carbons (Fsp3) is 0.400. The first kappa shape index (κ1) is 12.0. The Kier molecular flexibility index (Phi) is 3.71. The molecule has 0 amide bonds. The molecule has 0 aliphatic rings. The predicted octanol–water partition coefficient (Wildman–Crippen LogP) is 2.27. The Morgan fingerprint density at radius 3 is 2.20 bits per heavy atom. The third kappa shape index (κ3) is 3.21. The average molecular weight is 218 g/mol. The smallest absolute Gasteiger partial charge is 0.271 e. The highest BCUT2D eigenvalue weighted by Crippen LogP contribution is 2.29. The lowest BCUT2D eigenvalue weighted by atomic mass is 10.00. The Balaban J connectivity index is 2.81. The Bertz CT molecular complexity index is 305. The summed E-state index contributed by atoms with van der Waals surface area (Å²) in [5.41, 5.74) is 2.70. The molecule has 0 aliphatic carbocycles. The summed E-state index contributed by atoms with van der Waals surface area (Å²) in [6.07, 6.45) is -4.27. The lowest BCUT2D eigenvalue weighted by Gasteiger charge is -2.12. The molecule has 0 radical (unpaired) electrons. The molecule has 2 nitrogen and oxygen atoms in total. The number of rotatable bonds is 3. The zero-order valence-electron chi connectivity index (χ0n) is 8.31. The van der Waals surface area contributed by atoms with Gasteiger partial charge in [0, 0.05) is 6.54 Å². The van der Waals surface area contributed by atoms with Crippen LogP contribution in [0.1, 0.15) is 24.0 Å². The van der Waals surface area contributed by atoms with Crippen molar-refractivity contribution in [3.8, 4) is 0 Å². The molecule has 1 aromatic carbocycles. The van der Waals surface area contributed by atoms with Gasteiger partial charge in [-0.05, 0) is 23.6 Å². The molecule has 0 heterocycles. The van der Waals surface area contributed by atoms with Crippen LogP contribution < -0.4 is 11.3 Å². The summed E-state index contributed by atoms with van der Waals surface area (Å²) in [5, 5.41) is 0. The Hall–Kier alpha value is -1.07. The molecule has 0 spiro atoms. The molecule has 0 saturated heterocycles. The van der Waals surface area contributed by atoms with Gasteiger partial charge in [-0.3, -0.25) is 11.3 Å². The number of hydrogen-bond acceptors (Lipinski definition) is 2. The molecule has 1 atom stereocenters. The van der Waals surface area contributed by atoms with E-state index in [0.717, 1.165) is 17.7 Å². The number of halogens is 3. The second kappa shape index (κ2) is 4.63. The van der Waals surface area contributed by atoms with Gasteiger partial charge in [0.25, 0.3) is 0 Å². The molecular formula is C10H13F3N2. The fourth-order valence-electron chi connectivity index (χ4n) is 1.30. The molecule has 0 aromatic heterocycles. The van der Waals surface area contributed by atoms with Crippen LogP contribution in [0.2, 0.25) is 0 Å². The number of alkyl halides is 3. The van der Waals surface area contributed by atoms with E-state index >= 15 is 0 Å². The minimum atomic E-state index is -4.27. The normalized spacial score (nSPS) is 13.9. The van der Waals surface area contributed by atoms with Crippen molar-refractivity contribution in [2.75, 3.05) is 6.54 Å². The minimum Gasteiger partial charge on any atom is -0.271 e. The first-order valence-corrected chi connectivity index (χ1v) is 4.55. The van der Waals surface area contributed by atoms with Gasteiger partial charge in [0.05, 0.1) is 5.56 Å². The molecule has 1 rings (SSSR count). The van der Waals surface area contributed by atoms with E-state index in [1.54, 1.807) is 0 Å². The molecule has 0 bridgehead atoms. The van der Waals surface area contributed by atoms with Crippen LogP contribution in [0.3, 0.4) is 0 Å². The van der Waals surface area contributed by atoms with Crippen molar-refractivity contribution < 1.29 is 13.2 Å². The highest BCUT2D eigenvalue weighted by Gasteiger charge is 2.30. The predicted molar refractivity (Wildman–Crippen MR) is 52.0 cm³/mol. The van der Waals surface area contributed by atoms with Gasteiger partial charge in [-0.1, -0.05) is 19.1 Å². The molecular weight excluding hydrogens is 205 g/mol. The maximum Gasteiger partial charge on any atom is 0.416 e. The van der Waals surface area contributed by atoms with E-state index in [-0.39, 0.29) is 5.92 Å². The van der Waals surface area contributed by atoms with E-state index in [0.29, 0.717) is 6.54 Å². The summed E-state index contributed by atoms with van der Waals surface area (Å²) in [5.74, 6) is 5.23. The Morgan fingerprint density at radius 1 is 1.27 bits per heavy atom. The first-order valence-electron chi connectivity index (χ1n) is 4.55. The van der Waals surface area contributed by atoms with E-state index in [4.69, 9.17) is 5.84 Å². The summed E-state index contributed by atoms with van der Waals surface area (Å²) in [6.45, 7) is 2.42. The molecule has 5 heteroatoms. The van der Waals surface area contributed by atoms with Gasteiger partial charge in [-0.15, -0.1) is 0 Å². The van der Waals surface area contributed by atoms with E-state index in [9.17, 15) is 13.2 Å². The van der Waals surface area contributed by atoms with Crippen molar-refractivity contribution in [3.05, 3.63) is 35.4 Å². The van der Waals surface area contributed by atoms with Crippen LogP contribution in [0.25, 0.3) is 0 Å². The summed E-state index contributed by atoms with van der Waals surface area (Å²) >= 11 is 0. The van der Waals surface area contributed by atoms with Crippen LogP contribution in [0.4, 0.5) is 13.2 Å². The highest BCUT2D eigenvalue weighted by molar-refractivity contribution is 5.26. The molecule has 0 saturated carbocycles. The minimum absolute atomic E-state index is 0.0947. The number of hydrogen-bond donors (Lipinski definition) is 2. The molecule has 3 N–H and O–H groups in total. The number of benzene rings is 1. The SMILES string of the molecule is CC(CNN)c1ccc(C(F)(F)F)cc1. The van der Waals surface area contributed by atoms with Gasteiger partial charge >= 0.3 is 6.18 Å². The van der Waals surface area contributed by atoms with Crippen molar-refractivity contribution in [3.63, 3.8) is 0 Å². The van der Waals surface area contributed by atoms with Crippen LogP contribution in [-0.2, 0) is 6.18 Å². The lowest BCUT2D eigenvalue weighted by molar-refractivity contribution is -0.137. The summed E-state index contributed by atoms with van der Waals surface area (Å²) in [6, 6.07) is 5.13. The second-order valence-electron chi connectivity index (χ2n) is 3.43. The van der Waals surface area contributed by atoms with E-state index < -0.39 is 11.7 Å². The molecule has 15 heavy (non-hydrogen) atoms. The van der Waals surface area contributed by atoms with Gasteiger partial charge in [-0.2, -0.15) is 13.2 Å². The van der Waals surface area contributed by atoms with Crippen molar-refractivity contribution in [2.24, 2.45) is 5.84 Å². The van der Waals surface area contributed by atoms with Crippen LogP contribution in [0.15, 0.2) is 24.3 Å². The van der Waals surface area contributed by atoms with Crippen molar-refractivity contribution >= 4 is 0 Å². The topological polar surface area (TPSA) is 38.0 Å². The zero-order chi connectivity index (χ0) is 11.5. The fourth-order valence-corrected chi connectivity index (χ4v) is 1.30. The van der Waals surface area contributed by atoms with E-state index in [1.165, 1.54) is 12.1 Å². The molecule has 0 fully saturated rings.